The normalized spacial score (nSPS) is 24.3. The van der Waals surface area contributed by atoms with Crippen LogP contribution in [0.4, 0.5) is 0 Å². The molecule has 1 aromatic rings. The number of carboxylic acids is 1. The van der Waals surface area contributed by atoms with Gasteiger partial charge in [0.25, 0.3) is 0 Å². The van der Waals surface area contributed by atoms with Crippen LogP contribution < -0.4 is 5.32 Å². The molecule has 0 spiro atoms. The molecular formula is C14H17NO4. The van der Waals surface area contributed by atoms with Crippen molar-refractivity contribution in [3.8, 4) is 0 Å². The van der Waals surface area contributed by atoms with E-state index in [1.807, 2.05) is 30.3 Å². The standard InChI is InChI=1S/C14H17NO4/c1-14(8-16,9-5-3-2-4-6-9)15-12(17)10-7-11(10)13(18)19/h2-6,10-11,16H,7-8H2,1H3,(H,15,17)(H,18,19)/t10-,11+,14?/m1/s1. The molecule has 1 saturated carbocycles. The van der Waals surface area contributed by atoms with Crippen LogP contribution in [-0.4, -0.2) is 28.7 Å². The first-order valence-electron chi connectivity index (χ1n) is 6.19. The van der Waals surface area contributed by atoms with Gasteiger partial charge in [-0.2, -0.15) is 0 Å². The molecule has 1 unspecified atom stereocenters. The number of amides is 1. The summed E-state index contributed by atoms with van der Waals surface area (Å²) in [5.41, 5.74) is -0.0948. The summed E-state index contributed by atoms with van der Waals surface area (Å²) in [6, 6.07) is 9.14. The highest BCUT2D eigenvalue weighted by Crippen LogP contribution is 2.39. The Balaban J connectivity index is 2.08. The van der Waals surface area contributed by atoms with Crippen LogP contribution in [0.1, 0.15) is 18.9 Å². The van der Waals surface area contributed by atoms with E-state index >= 15 is 0 Å². The number of aliphatic hydroxyl groups excluding tert-OH is 1. The van der Waals surface area contributed by atoms with Crippen LogP contribution in [-0.2, 0) is 15.1 Å². The largest absolute Gasteiger partial charge is 0.481 e. The highest BCUT2D eigenvalue weighted by Gasteiger charge is 2.49. The molecule has 0 heterocycles. The number of aliphatic carboxylic acids is 1. The zero-order valence-corrected chi connectivity index (χ0v) is 10.7. The SMILES string of the molecule is CC(CO)(NC(=O)[C@@H]1C[C@@H]1C(=O)O)c1ccccc1. The maximum Gasteiger partial charge on any atom is 0.307 e. The first-order chi connectivity index (χ1) is 8.98. The maximum absolute atomic E-state index is 12.0. The highest BCUT2D eigenvalue weighted by atomic mass is 16.4. The minimum Gasteiger partial charge on any atom is -0.481 e. The number of hydrogen-bond donors (Lipinski definition) is 3. The van der Waals surface area contributed by atoms with Crippen LogP contribution in [0.5, 0.6) is 0 Å². The zero-order valence-electron chi connectivity index (χ0n) is 10.7. The summed E-state index contributed by atoms with van der Waals surface area (Å²) in [5, 5.41) is 21.1. The van der Waals surface area contributed by atoms with Crippen molar-refractivity contribution in [3.63, 3.8) is 0 Å². The van der Waals surface area contributed by atoms with Crippen LogP contribution in [0.25, 0.3) is 0 Å². The molecule has 102 valence electrons. The Kier molecular flexibility index (Phi) is 3.57. The van der Waals surface area contributed by atoms with Gasteiger partial charge in [-0.3, -0.25) is 9.59 Å². The maximum atomic E-state index is 12.0. The molecule has 1 fully saturated rings. The zero-order chi connectivity index (χ0) is 14.0. The average molecular weight is 263 g/mol. The Bertz CT molecular complexity index is 487. The van der Waals surface area contributed by atoms with Gasteiger partial charge in [-0.15, -0.1) is 0 Å². The monoisotopic (exact) mass is 263 g/mol. The second-order valence-electron chi connectivity index (χ2n) is 5.13. The number of nitrogens with one attached hydrogen (secondary N) is 1. The minimum absolute atomic E-state index is 0.243. The summed E-state index contributed by atoms with van der Waals surface area (Å²) in [7, 11) is 0. The number of hydrogen-bond acceptors (Lipinski definition) is 3. The molecule has 19 heavy (non-hydrogen) atoms. The van der Waals surface area contributed by atoms with Crippen molar-refractivity contribution < 1.29 is 19.8 Å². The second kappa shape index (κ2) is 5.01. The van der Waals surface area contributed by atoms with Gasteiger partial charge in [0.05, 0.1) is 24.0 Å². The van der Waals surface area contributed by atoms with E-state index in [9.17, 15) is 14.7 Å². The summed E-state index contributed by atoms with van der Waals surface area (Å²) in [5.74, 6) is -2.32. The lowest BCUT2D eigenvalue weighted by molar-refractivity contribution is -0.140. The van der Waals surface area contributed by atoms with Crippen molar-refractivity contribution in [1.82, 2.24) is 5.32 Å². The first kappa shape index (κ1) is 13.5. The summed E-state index contributed by atoms with van der Waals surface area (Å²) < 4.78 is 0. The molecule has 3 atom stereocenters. The number of benzene rings is 1. The number of carbonyl (C=O) groups is 2. The van der Waals surface area contributed by atoms with E-state index in [-0.39, 0.29) is 12.5 Å². The van der Waals surface area contributed by atoms with E-state index < -0.39 is 23.3 Å². The number of aliphatic hydroxyl groups is 1. The van der Waals surface area contributed by atoms with Gasteiger partial charge in [0, 0.05) is 0 Å². The third-order valence-corrected chi connectivity index (χ3v) is 3.57. The molecule has 0 bridgehead atoms. The molecule has 3 N–H and O–H groups in total. The van der Waals surface area contributed by atoms with Crippen molar-refractivity contribution in [3.05, 3.63) is 35.9 Å². The van der Waals surface area contributed by atoms with E-state index in [1.54, 1.807) is 6.92 Å². The molecule has 5 heteroatoms. The van der Waals surface area contributed by atoms with Crippen molar-refractivity contribution in [2.75, 3.05) is 6.61 Å². The van der Waals surface area contributed by atoms with Crippen molar-refractivity contribution in [1.29, 1.82) is 0 Å². The fourth-order valence-corrected chi connectivity index (χ4v) is 2.13. The molecule has 1 aliphatic rings. The molecular weight excluding hydrogens is 246 g/mol. The molecule has 1 aromatic carbocycles. The minimum atomic E-state index is -0.939. The fraction of sp³-hybridized carbons (Fsp3) is 0.429. The van der Waals surface area contributed by atoms with Crippen molar-refractivity contribution >= 4 is 11.9 Å². The number of carbonyl (C=O) groups excluding carboxylic acids is 1. The lowest BCUT2D eigenvalue weighted by Gasteiger charge is -2.29. The van der Waals surface area contributed by atoms with Gasteiger partial charge in [0.2, 0.25) is 5.91 Å². The van der Waals surface area contributed by atoms with Crippen molar-refractivity contribution in [2.45, 2.75) is 18.9 Å². The van der Waals surface area contributed by atoms with Gasteiger partial charge >= 0.3 is 5.97 Å². The average Bonchev–Trinajstić information content (AvgIpc) is 3.20. The molecule has 5 nitrogen and oxygen atoms in total. The van der Waals surface area contributed by atoms with E-state index in [0.29, 0.717) is 6.42 Å². The summed E-state index contributed by atoms with van der Waals surface area (Å²) in [6.45, 7) is 1.48. The van der Waals surface area contributed by atoms with Gasteiger partial charge in [-0.05, 0) is 18.9 Å². The van der Waals surface area contributed by atoms with Crippen LogP contribution in [0.2, 0.25) is 0 Å². The molecule has 0 saturated heterocycles. The Hall–Kier alpha value is -1.88. The van der Waals surface area contributed by atoms with E-state index in [1.165, 1.54) is 0 Å². The molecule has 1 aliphatic carbocycles. The Labute approximate surface area is 111 Å². The fourth-order valence-electron chi connectivity index (χ4n) is 2.13. The van der Waals surface area contributed by atoms with Gasteiger partial charge in [0.15, 0.2) is 0 Å². The third-order valence-electron chi connectivity index (χ3n) is 3.57. The van der Waals surface area contributed by atoms with E-state index in [4.69, 9.17) is 5.11 Å². The number of carboxylic acid groups (broad SMARTS) is 1. The van der Waals surface area contributed by atoms with Gasteiger partial charge in [0.1, 0.15) is 0 Å². The summed E-state index contributed by atoms with van der Waals surface area (Å²) in [4.78, 5) is 22.7. The lowest BCUT2D eigenvalue weighted by atomic mass is 9.92. The van der Waals surface area contributed by atoms with Crippen LogP contribution in [0, 0.1) is 11.8 Å². The van der Waals surface area contributed by atoms with Crippen LogP contribution in [0.15, 0.2) is 30.3 Å². The van der Waals surface area contributed by atoms with Gasteiger partial charge < -0.3 is 15.5 Å². The van der Waals surface area contributed by atoms with Gasteiger partial charge in [-0.1, -0.05) is 30.3 Å². The van der Waals surface area contributed by atoms with Crippen LogP contribution >= 0.6 is 0 Å². The van der Waals surface area contributed by atoms with E-state index in [0.717, 1.165) is 5.56 Å². The summed E-state index contributed by atoms with van der Waals surface area (Å²) in [6.07, 6.45) is 0.372. The topological polar surface area (TPSA) is 86.6 Å². The quantitative estimate of drug-likeness (QED) is 0.731. The Morgan fingerprint density at radius 1 is 1.32 bits per heavy atom. The molecule has 1 amide bonds. The number of rotatable bonds is 5. The predicted octanol–water partition coefficient (Wildman–Crippen LogP) is 0.731. The predicted molar refractivity (Wildman–Crippen MR) is 68.3 cm³/mol. The molecule has 0 aliphatic heterocycles. The second-order valence-corrected chi connectivity index (χ2v) is 5.13. The Morgan fingerprint density at radius 3 is 2.42 bits per heavy atom. The van der Waals surface area contributed by atoms with Gasteiger partial charge in [-0.25, -0.2) is 0 Å². The summed E-state index contributed by atoms with van der Waals surface area (Å²) >= 11 is 0. The molecule has 2 rings (SSSR count). The third kappa shape index (κ3) is 2.76. The lowest BCUT2D eigenvalue weighted by Crippen LogP contribution is -2.47. The smallest absolute Gasteiger partial charge is 0.307 e. The first-order valence-corrected chi connectivity index (χ1v) is 6.19. The van der Waals surface area contributed by atoms with Crippen molar-refractivity contribution in [2.24, 2.45) is 11.8 Å². The molecule has 0 radical (unpaired) electrons. The van der Waals surface area contributed by atoms with E-state index in [2.05, 4.69) is 5.32 Å². The molecule has 0 aromatic heterocycles. The Morgan fingerprint density at radius 2 is 1.95 bits per heavy atom. The highest BCUT2D eigenvalue weighted by molar-refractivity contribution is 5.89. The van der Waals surface area contributed by atoms with Crippen LogP contribution in [0.3, 0.4) is 0 Å².